The Kier molecular flexibility index (Phi) is 4.02. The molecule has 0 aliphatic carbocycles. The van der Waals surface area contributed by atoms with Crippen molar-refractivity contribution in [2.24, 2.45) is 0 Å². The molecule has 1 aromatic carbocycles. The van der Waals surface area contributed by atoms with Crippen LogP contribution in [0.4, 0.5) is 21.7 Å². The number of benzene rings is 1. The Morgan fingerprint density at radius 2 is 2.10 bits per heavy atom. The minimum Gasteiger partial charge on any atom is -0.378 e. The van der Waals surface area contributed by atoms with Gasteiger partial charge in [-0.1, -0.05) is 12.1 Å². The molecule has 110 valence electrons. The maximum absolute atomic E-state index is 13.5. The molecule has 1 atom stereocenters. The Hall–Kier alpha value is -2.70. The molecule has 0 amide bonds. The van der Waals surface area contributed by atoms with Crippen LogP contribution in [0.1, 0.15) is 24.1 Å². The first-order chi connectivity index (χ1) is 9.88. The summed E-state index contributed by atoms with van der Waals surface area (Å²) in [5.41, 5.74) is 6.61. The molecule has 0 aliphatic rings. The fraction of sp³-hybridized carbons (Fsp3) is 0.214. The first-order valence-corrected chi connectivity index (χ1v) is 6.32. The van der Waals surface area contributed by atoms with E-state index in [9.17, 15) is 14.5 Å². The number of nitrogens with one attached hydrogen (secondary N) is 1. The third-order valence-corrected chi connectivity index (χ3v) is 3.16. The second kappa shape index (κ2) is 5.74. The van der Waals surface area contributed by atoms with Crippen molar-refractivity contribution in [1.82, 2.24) is 4.98 Å². The Morgan fingerprint density at radius 1 is 1.38 bits per heavy atom. The molecule has 0 bridgehead atoms. The highest BCUT2D eigenvalue weighted by atomic mass is 19.1. The van der Waals surface area contributed by atoms with Crippen LogP contribution < -0.4 is 11.1 Å². The number of hydrogen-bond acceptors (Lipinski definition) is 5. The number of rotatable bonds is 4. The van der Waals surface area contributed by atoms with Crippen LogP contribution in [0.3, 0.4) is 0 Å². The number of aromatic nitrogens is 1. The van der Waals surface area contributed by atoms with Crippen LogP contribution >= 0.6 is 0 Å². The van der Waals surface area contributed by atoms with E-state index >= 15 is 0 Å². The summed E-state index contributed by atoms with van der Waals surface area (Å²) in [7, 11) is 0. The number of halogens is 1. The number of nitro groups is 1. The molecular weight excluding hydrogens is 275 g/mol. The van der Waals surface area contributed by atoms with Gasteiger partial charge in [0.05, 0.1) is 11.0 Å². The van der Waals surface area contributed by atoms with Crippen LogP contribution in [-0.2, 0) is 0 Å². The summed E-state index contributed by atoms with van der Waals surface area (Å²) in [6.45, 7) is 3.53. The maximum Gasteiger partial charge on any atom is 0.311 e. The van der Waals surface area contributed by atoms with E-state index in [1.165, 1.54) is 18.2 Å². The van der Waals surface area contributed by atoms with Gasteiger partial charge in [-0.05, 0) is 37.1 Å². The first-order valence-electron chi connectivity index (χ1n) is 6.32. The number of pyridine rings is 1. The van der Waals surface area contributed by atoms with E-state index < -0.39 is 4.92 Å². The molecule has 0 fully saturated rings. The molecule has 1 heterocycles. The molecule has 1 unspecified atom stereocenters. The van der Waals surface area contributed by atoms with E-state index in [1.54, 1.807) is 13.0 Å². The van der Waals surface area contributed by atoms with Gasteiger partial charge >= 0.3 is 5.69 Å². The van der Waals surface area contributed by atoms with Gasteiger partial charge in [0.15, 0.2) is 0 Å². The number of nitrogens with zero attached hydrogens (tertiary/aromatic N) is 2. The Balaban J connectivity index is 2.19. The lowest BCUT2D eigenvalue weighted by molar-refractivity contribution is -0.384. The smallest absolute Gasteiger partial charge is 0.311 e. The molecule has 2 rings (SSSR count). The van der Waals surface area contributed by atoms with E-state index in [0.717, 1.165) is 5.56 Å². The van der Waals surface area contributed by atoms with Crippen molar-refractivity contribution in [2.75, 3.05) is 11.1 Å². The van der Waals surface area contributed by atoms with Crippen molar-refractivity contribution in [2.45, 2.75) is 19.9 Å². The monoisotopic (exact) mass is 290 g/mol. The zero-order valence-electron chi connectivity index (χ0n) is 11.6. The third-order valence-electron chi connectivity index (χ3n) is 3.16. The highest BCUT2D eigenvalue weighted by Gasteiger charge is 2.14. The van der Waals surface area contributed by atoms with Crippen LogP contribution in [0.15, 0.2) is 30.3 Å². The van der Waals surface area contributed by atoms with Gasteiger partial charge < -0.3 is 11.1 Å². The first kappa shape index (κ1) is 14.7. The van der Waals surface area contributed by atoms with Gasteiger partial charge in [-0.15, -0.1) is 0 Å². The second-order valence-corrected chi connectivity index (χ2v) is 4.73. The predicted octanol–water partition coefficient (Wildman–Crippen LogP) is 3.19. The molecule has 7 heteroatoms. The quantitative estimate of drug-likeness (QED) is 0.666. The lowest BCUT2D eigenvalue weighted by Crippen LogP contribution is -2.09. The van der Waals surface area contributed by atoms with E-state index in [2.05, 4.69) is 10.3 Å². The summed E-state index contributed by atoms with van der Waals surface area (Å²) in [6, 6.07) is 7.49. The number of nitrogens with two attached hydrogens (primary N) is 1. The van der Waals surface area contributed by atoms with Gasteiger partial charge in [-0.25, -0.2) is 9.37 Å². The van der Waals surface area contributed by atoms with Gasteiger partial charge in [-0.2, -0.15) is 0 Å². The summed E-state index contributed by atoms with van der Waals surface area (Å²) < 4.78 is 13.5. The number of hydrogen-bond donors (Lipinski definition) is 2. The van der Waals surface area contributed by atoms with Gasteiger partial charge in [0.25, 0.3) is 0 Å². The average molecular weight is 290 g/mol. The standard InChI is InChI=1S/C14H15FN4O2/c1-8-3-4-10(7-11(8)15)9(2)17-13-6-5-12(19(20)21)14(16)18-13/h3-7,9H,1-2H3,(H3,16,17,18). The molecular formula is C14H15FN4O2. The number of nitrogen functional groups attached to an aromatic ring is 1. The summed E-state index contributed by atoms with van der Waals surface area (Å²) in [4.78, 5) is 14.0. The van der Waals surface area contributed by atoms with Crippen molar-refractivity contribution in [3.05, 3.63) is 57.4 Å². The summed E-state index contributed by atoms with van der Waals surface area (Å²) in [6.07, 6.45) is 0. The normalized spacial score (nSPS) is 12.0. The molecule has 0 radical (unpaired) electrons. The molecule has 3 N–H and O–H groups in total. The van der Waals surface area contributed by atoms with Crippen molar-refractivity contribution < 1.29 is 9.31 Å². The van der Waals surface area contributed by atoms with Crippen LogP contribution in [0.25, 0.3) is 0 Å². The number of aryl methyl sites for hydroxylation is 1. The van der Waals surface area contributed by atoms with Crippen LogP contribution in [-0.4, -0.2) is 9.91 Å². The van der Waals surface area contributed by atoms with Gasteiger partial charge in [0.2, 0.25) is 5.82 Å². The third kappa shape index (κ3) is 3.25. The van der Waals surface area contributed by atoms with Crippen molar-refractivity contribution >= 4 is 17.3 Å². The fourth-order valence-corrected chi connectivity index (χ4v) is 1.89. The second-order valence-electron chi connectivity index (χ2n) is 4.73. The molecule has 21 heavy (non-hydrogen) atoms. The average Bonchev–Trinajstić information content (AvgIpc) is 2.41. The highest BCUT2D eigenvalue weighted by molar-refractivity contribution is 5.57. The predicted molar refractivity (Wildman–Crippen MR) is 78.5 cm³/mol. The lowest BCUT2D eigenvalue weighted by Gasteiger charge is -2.15. The molecule has 0 saturated carbocycles. The number of anilines is 2. The highest BCUT2D eigenvalue weighted by Crippen LogP contribution is 2.24. The minimum absolute atomic E-state index is 0.160. The molecule has 2 aromatic rings. The van der Waals surface area contributed by atoms with Gasteiger partial charge in [0, 0.05) is 6.07 Å². The van der Waals surface area contributed by atoms with E-state index in [4.69, 9.17) is 5.73 Å². The SMILES string of the molecule is Cc1ccc(C(C)Nc2ccc([N+](=O)[O-])c(N)n2)cc1F. The Labute approximate surface area is 121 Å². The van der Waals surface area contributed by atoms with Crippen LogP contribution in [0, 0.1) is 22.9 Å². The van der Waals surface area contributed by atoms with E-state index in [1.807, 2.05) is 13.0 Å². The zero-order chi connectivity index (χ0) is 15.6. The van der Waals surface area contributed by atoms with Crippen molar-refractivity contribution in [3.63, 3.8) is 0 Å². The van der Waals surface area contributed by atoms with Crippen molar-refractivity contribution in [3.8, 4) is 0 Å². The molecule has 0 aliphatic heterocycles. The van der Waals surface area contributed by atoms with Gasteiger partial charge in [-0.3, -0.25) is 10.1 Å². The summed E-state index contributed by atoms with van der Waals surface area (Å²) >= 11 is 0. The fourth-order valence-electron chi connectivity index (χ4n) is 1.89. The molecule has 0 spiro atoms. The largest absolute Gasteiger partial charge is 0.378 e. The van der Waals surface area contributed by atoms with Crippen molar-refractivity contribution in [1.29, 1.82) is 0 Å². The summed E-state index contributed by atoms with van der Waals surface area (Å²) in [5, 5.41) is 13.7. The maximum atomic E-state index is 13.5. The van der Waals surface area contributed by atoms with E-state index in [0.29, 0.717) is 11.4 Å². The van der Waals surface area contributed by atoms with E-state index in [-0.39, 0.29) is 23.4 Å². The Bertz CT molecular complexity index is 691. The van der Waals surface area contributed by atoms with Gasteiger partial charge in [0.1, 0.15) is 11.6 Å². The Morgan fingerprint density at radius 3 is 2.67 bits per heavy atom. The summed E-state index contributed by atoms with van der Waals surface area (Å²) in [5.74, 6) is -0.0452. The topological polar surface area (TPSA) is 94.1 Å². The molecule has 0 saturated heterocycles. The molecule has 1 aromatic heterocycles. The van der Waals surface area contributed by atoms with Crippen LogP contribution in [0.5, 0.6) is 0 Å². The minimum atomic E-state index is -0.592. The molecule has 6 nitrogen and oxygen atoms in total. The zero-order valence-corrected chi connectivity index (χ0v) is 11.6. The lowest BCUT2D eigenvalue weighted by atomic mass is 10.1. The van der Waals surface area contributed by atoms with Crippen LogP contribution in [0.2, 0.25) is 0 Å².